The first-order chi connectivity index (χ1) is 7.49. The van der Waals surface area contributed by atoms with Crippen molar-refractivity contribution in [1.82, 2.24) is 0 Å². The lowest BCUT2D eigenvalue weighted by atomic mass is 9.89. The lowest BCUT2D eigenvalue weighted by Crippen LogP contribution is -2.06. The summed E-state index contributed by atoms with van der Waals surface area (Å²) < 4.78 is 0. The Balaban J connectivity index is 3.11. The van der Waals surface area contributed by atoms with Crippen LogP contribution in [-0.2, 0) is 0 Å². The van der Waals surface area contributed by atoms with E-state index in [9.17, 15) is 5.11 Å². The second-order valence-electron chi connectivity index (χ2n) is 4.56. The molecule has 90 valence electrons. The maximum atomic E-state index is 10.2. The number of aliphatic hydroxyl groups is 2. The highest BCUT2D eigenvalue weighted by molar-refractivity contribution is 5.45. The van der Waals surface area contributed by atoms with Crippen molar-refractivity contribution in [2.45, 2.75) is 46.6 Å². The Morgan fingerprint density at radius 3 is 2.00 bits per heavy atom. The summed E-state index contributed by atoms with van der Waals surface area (Å²) in [6.07, 6.45) is 0.819. The molecular weight excluding hydrogens is 200 g/mol. The third kappa shape index (κ3) is 2.63. The average Bonchev–Trinajstić information content (AvgIpc) is 2.24. The van der Waals surface area contributed by atoms with Crippen molar-refractivity contribution in [3.8, 4) is 0 Å². The quantitative estimate of drug-likeness (QED) is 0.822. The standard InChI is InChI=1S/C14H22O2/c1-9-8-10(2)12(4)14(11(9)3)13(16)6-5-7-15/h8,13,15-16H,5-7H2,1-4H3. The Kier molecular flexibility index (Phi) is 4.51. The van der Waals surface area contributed by atoms with E-state index in [0.717, 1.165) is 5.56 Å². The summed E-state index contributed by atoms with van der Waals surface area (Å²) in [5.41, 5.74) is 5.84. The van der Waals surface area contributed by atoms with Crippen molar-refractivity contribution in [2.75, 3.05) is 6.61 Å². The van der Waals surface area contributed by atoms with Gasteiger partial charge in [0.1, 0.15) is 0 Å². The topological polar surface area (TPSA) is 40.5 Å². The second kappa shape index (κ2) is 5.46. The van der Waals surface area contributed by atoms with Gasteiger partial charge in [-0.05, 0) is 68.4 Å². The third-order valence-electron chi connectivity index (χ3n) is 3.39. The van der Waals surface area contributed by atoms with Crippen LogP contribution >= 0.6 is 0 Å². The molecule has 2 N–H and O–H groups in total. The Morgan fingerprint density at radius 2 is 1.56 bits per heavy atom. The van der Waals surface area contributed by atoms with Crippen LogP contribution in [0.3, 0.4) is 0 Å². The largest absolute Gasteiger partial charge is 0.396 e. The summed E-state index contributed by atoms with van der Waals surface area (Å²) in [7, 11) is 0. The van der Waals surface area contributed by atoms with Gasteiger partial charge in [0, 0.05) is 6.61 Å². The number of hydrogen-bond donors (Lipinski definition) is 2. The van der Waals surface area contributed by atoms with Gasteiger partial charge >= 0.3 is 0 Å². The van der Waals surface area contributed by atoms with Gasteiger partial charge < -0.3 is 10.2 Å². The van der Waals surface area contributed by atoms with Gasteiger partial charge in [-0.15, -0.1) is 0 Å². The van der Waals surface area contributed by atoms with E-state index in [-0.39, 0.29) is 6.61 Å². The molecule has 0 spiro atoms. The maximum absolute atomic E-state index is 10.2. The van der Waals surface area contributed by atoms with E-state index in [1.54, 1.807) is 0 Å². The molecule has 1 atom stereocenters. The summed E-state index contributed by atoms with van der Waals surface area (Å²) in [5.74, 6) is 0. The van der Waals surface area contributed by atoms with Crippen LogP contribution < -0.4 is 0 Å². The zero-order chi connectivity index (χ0) is 12.3. The highest BCUT2D eigenvalue weighted by Gasteiger charge is 2.15. The minimum absolute atomic E-state index is 0.139. The molecule has 0 saturated carbocycles. The van der Waals surface area contributed by atoms with Crippen molar-refractivity contribution in [1.29, 1.82) is 0 Å². The van der Waals surface area contributed by atoms with Crippen molar-refractivity contribution in [3.05, 3.63) is 33.9 Å². The fourth-order valence-electron chi connectivity index (χ4n) is 2.18. The zero-order valence-corrected chi connectivity index (χ0v) is 10.7. The first-order valence-corrected chi connectivity index (χ1v) is 5.85. The van der Waals surface area contributed by atoms with E-state index in [1.165, 1.54) is 22.3 Å². The Morgan fingerprint density at radius 1 is 1.06 bits per heavy atom. The van der Waals surface area contributed by atoms with E-state index in [0.29, 0.717) is 12.8 Å². The van der Waals surface area contributed by atoms with Crippen molar-refractivity contribution in [3.63, 3.8) is 0 Å². The molecule has 2 heteroatoms. The minimum Gasteiger partial charge on any atom is -0.396 e. The van der Waals surface area contributed by atoms with E-state index in [2.05, 4.69) is 33.8 Å². The van der Waals surface area contributed by atoms with Crippen molar-refractivity contribution < 1.29 is 10.2 Å². The van der Waals surface area contributed by atoms with Gasteiger partial charge in [-0.3, -0.25) is 0 Å². The van der Waals surface area contributed by atoms with Crippen LogP contribution in [0.1, 0.15) is 46.8 Å². The van der Waals surface area contributed by atoms with Crippen LogP contribution in [0.25, 0.3) is 0 Å². The monoisotopic (exact) mass is 222 g/mol. The number of aliphatic hydroxyl groups excluding tert-OH is 2. The molecule has 1 aromatic carbocycles. The smallest absolute Gasteiger partial charge is 0.0796 e. The van der Waals surface area contributed by atoms with E-state index in [4.69, 9.17) is 5.11 Å². The number of aryl methyl sites for hydroxylation is 2. The van der Waals surface area contributed by atoms with Gasteiger partial charge in [-0.2, -0.15) is 0 Å². The normalized spacial score (nSPS) is 12.9. The zero-order valence-electron chi connectivity index (χ0n) is 10.7. The lowest BCUT2D eigenvalue weighted by molar-refractivity contribution is 0.150. The summed E-state index contributed by atoms with van der Waals surface area (Å²) in [6, 6.07) is 2.16. The SMILES string of the molecule is Cc1cc(C)c(C)c(C(O)CCCO)c1C. The van der Waals surface area contributed by atoms with Gasteiger partial charge in [-0.25, -0.2) is 0 Å². The molecule has 0 heterocycles. The molecule has 2 nitrogen and oxygen atoms in total. The molecule has 0 aliphatic heterocycles. The second-order valence-corrected chi connectivity index (χ2v) is 4.56. The number of hydrogen-bond acceptors (Lipinski definition) is 2. The molecule has 16 heavy (non-hydrogen) atoms. The number of rotatable bonds is 4. The first kappa shape index (κ1) is 13.2. The summed E-state index contributed by atoms with van der Waals surface area (Å²) >= 11 is 0. The minimum atomic E-state index is -0.453. The Bertz CT molecular complexity index is 343. The average molecular weight is 222 g/mol. The molecule has 1 rings (SSSR count). The van der Waals surface area contributed by atoms with Crippen LogP contribution in [0.2, 0.25) is 0 Å². The highest BCUT2D eigenvalue weighted by atomic mass is 16.3. The van der Waals surface area contributed by atoms with Gasteiger partial charge in [0.05, 0.1) is 6.10 Å². The molecular formula is C14H22O2. The Hall–Kier alpha value is -0.860. The van der Waals surface area contributed by atoms with E-state index in [1.807, 2.05) is 0 Å². The van der Waals surface area contributed by atoms with Gasteiger partial charge in [0.25, 0.3) is 0 Å². The third-order valence-corrected chi connectivity index (χ3v) is 3.39. The fourth-order valence-corrected chi connectivity index (χ4v) is 2.18. The molecule has 0 aliphatic carbocycles. The van der Waals surface area contributed by atoms with Crippen molar-refractivity contribution >= 4 is 0 Å². The molecule has 1 unspecified atom stereocenters. The predicted molar refractivity (Wildman–Crippen MR) is 66.7 cm³/mol. The van der Waals surface area contributed by atoms with Crippen molar-refractivity contribution in [2.24, 2.45) is 0 Å². The van der Waals surface area contributed by atoms with Crippen LogP contribution in [-0.4, -0.2) is 16.8 Å². The highest BCUT2D eigenvalue weighted by Crippen LogP contribution is 2.29. The Labute approximate surface area is 97.9 Å². The molecule has 0 aliphatic rings. The van der Waals surface area contributed by atoms with E-state index >= 15 is 0 Å². The predicted octanol–water partition coefficient (Wildman–Crippen LogP) is 2.73. The molecule has 0 bridgehead atoms. The maximum Gasteiger partial charge on any atom is 0.0796 e. The molecule has 0 radical (unpaired) electrons. The number of benzene rings is 1. The summed E-state index contributed by atoms with van der Waals surface area (Å²) in [5, 5.41) is 18.9. The summed E-state index contributed by atoms with van der Waals surface area (Å²) in [6.45, 7) is 8.40. The van der Waals surface area contributed by atoms with Crippen LogP contribution in [0.15, 0.2) is 6.07 Å². The molecule has 0 aromatic heterocycles. The van der Waals surface area contributed by atoms with E-state index < -0.39 is 6.10 Å². The van der Waals surface area contributed by atoms with Gasteiger partial charge in [-0.1, -0.05) is 6.07 Å². The molecule has 0 amide bonds. The summed E-state index contributed by atoms with van der Waals surface area (Å²) in [4.78, 5) is 0. The van der Waals surface area contributed by atoms with Crippen LogP contribution in [0, 0.1) is 27.7 Å². The molecule has 0 fully saturated rings. The first-order valence-electron chi connectivity index (χ1n) is 5.85. The molecule has 0 saturated heterocycles. The van der Waals surface area contributed by atoms with Gasteiger partial charge in [0.2, 0.25) is 0 Å². The lowest BCUT2D eigenvalue weighted by Gasteiger charge is -2.20. The fraction of sp³-hybridized carbons (Fsp3) is 0.571. The van der Waals surface area contributed by atoms with Crippen LogP contribution in [0.4, 0.5) is 0 Å². The van der Waals surface area contributed by atoms with Gasteiger partial charge in [0.15, 0.2) is 0 Å². The van der Waals surface area contributed by atoms with Crippen LogP contribution in [0.5, 0.6) is 0 Å². The molecule has 1 aromatic rings.